The lowest BCUT2D eigenvalue weighted by atomic mass is 9.93. The lowest BCUT2D eigenvalue weighted by Gasteiger charge is -2.31. The van der Waals surface area contributed by atoms with Crippen LogP contribution in [0.15, 0.2) is 36.0 Å². The molecule has 0 radical (unpaired) electrons. The number of aliphatic hydroxyl groups excluding tert-OH is 3. The Hall–Kier alpha value is -7.19. The van der Waals surface area contributed by atoms with Crippen molar-refractivity contribution >= 4 is 65.0 Å². The van der Waals surface area contributed by atoms with Crippen LogP contribution >= 0.6 is 0 Å². The fourth-order valence-electron chi connectivity index (χ4n) is 9.87. The molecular weight excluding hydrogens is 1100 g/mol. The zero-order valence-corrected chi connectivity index (χ0v) is 51.0. The minimum absolute atomic E-state index is 0.0353. The first-order chi connectivity index (χ1) is 40.2. The van der Waals surface area contributed by atoms with Crippen LogP contribution in [0.3, 0.4) is 0 Å². The molecule has 0 aliphatic carbocycles. The van der Waals surface area contributed by atoms with Gasteiger partial charge in [-0.25, -0.2) is 0 Å². The third-order valence-electron chi connectivity index (χ3n) is 15.2. The van der Waals surface area contributed by atoms with Gasteiger partial charge in [0.05, 0.1) is 19.3 Å². The number of benzene rings is 1. The van der Waals surface area contributed by atoms with Crippen LogP contribution in [0.2, 0.25) is 0 Å². The molecule has 1 aromatic rings. The molecule has 2 fully saturated rings. The number of nitrogens with zero attached hydrogens (tertiary/aromatic N) is 1. The van der Waals surface area contributed by atoms with Gasteiger partial charge in [0.15, 0.2) is 0 Å². The standard InChI is InChI=1S/C59H95N11O15/c1-11-15-16-17-37-27-47(75)62-45(31-72)55(81)63-40(14-4)59(85)70-30-39(74)28-46(70)56(82)64-41(22-23-71)52(78)66-44(26-36-18-20-38(73)21-19-36)53(79)65-43(25-33(7)8)54(80)68-50(35(10)13-3)58(84)69-49(34(9)12-2)57(83)67-42(24-32(5)6)51(77)60-29-48(76)61-37/h14,18-21,32-35,37,39,41-46,49-50,71-74H,11-13,15-17,22-31H2,1-10H3,(H,60,77)(H,61,76)(H,62,75)(H,63,81)(H,64,82)(H,65,79)(H,66,78)(H,67,83)(H,68,80)(H,69,84). The second-order valence-corrected chi connectivity index (χ2v) is 23.2. The molecule has 2 aliphatic heterocycles. The number of aromatic hydroxyl groups is 1. The van der Waals surface area contributed by atoms with E-state index in [2.05, 4.69) is 53.2 Å². The Kier molecular flexibility index (Phi) is 30.5. The zero-order chi connectivity index (χ0) is 63.7. The highest BCUT2D eigenvalue weighted by Gasteiger charge is 2.42. The topological polar surface area (TPSA) is 392 Å². The molecule has 14 N–H and O–H groups in total. The van der Waals surface area contributed by atoms with Gasteiger partial charge in [-0.2, -0.15) is 0 Å². The van der Waals surface area contributed by atoms with Gasteiger partial charge in [0.1, 0.15) is 59.8 Å². The summed E-state index contributed by atoms with van der Waals surface area (Å²) >= 11 is 0. The number of nitrogens with one attached hydrogen (secondary N) is 10. The molecule has 26 heteroatoms. The van der Waals surface area contributed by atoms with Crippen LogP contribution < -0.4 is 53.2 Å². The van der Waals surface area contributed by atoms with Gasteiger partial charge >= 0.3 is 0 Å². The fraction of sp³-hybridized carbons (Fsp3) is 0.678. The summed E-state index contributed by atoms with van der Waals surface area (Å²) in [6.45, 7) is 15.1. The van der Waals surface area contributed by atoms with Crippen LogP contribution in [0, 0.1) is 23.7 Å². The highest BCUT2D eigenvalue weighted by Crippen LogP contribution is 2.22. The van der Waals surface area contributed by atoms with Gasteiger partial charge in [-0.3, -0.25) is 52.7 Å². The molecule has 476 valence electrons. The summed E-state index contributed by atoms with van der Waals surface area (Å²) in [5, 5.41) is 67.7. The minimum Gasteiger partial charge on any atom is -0.508 e. The van der Waals surface area contributed by atoms with Crippen molar-refractivity contribution in [3.8, 4) is 5.75 Å². The highest BCUT2D eigenvalue weighted by atomic mass is 16.3. The predicted molar refractivity (Wildman–Crippen MR) is 314 cm³/mol. The van der Waals surface area contributed by atoms with Gasteiger partial charge in [0.25, 0.3) is 5.91 Å². The second kappa shape index (κ2) is 36.0. The molecule has 2 heterocycles. The lowest BCUT2D eigenvalue weighted by Crippen LogP contribution is -2.62. The number of carbonyl (C=O) groups excluding carboxylic acids is 11. The van der Waals surface area contributed by atoms with Crippen LogP contribution in [-0.2, 0) is 59.2 Å². The van der Waals surface area contributed by atoms with Crippen molar-refractivity contribution in [1.82, 2.24) is 58.1 Å². The average Bonchev–Trinajstić information content (AvgIpc) is 3.89. The van der Waals surface area contributed by atoms with Crippen molar-refractivity contribution in [1.29, 1.82) is 0 Å². The number of amides is 11. The zero-order valence-electron chi connectivity index (χ0n) is 51.0. The number of phenolic OH excluding ortho intramolecular Hbond substituents is 1. The van der Waals surface area contributed by atoms with E-state index in [-0.39, 0.29) is 49.7 Å². The number of rotatable bonds is 17. The number of fused-ring (bicyclic) bond motifs is 1. The summed E-state index contributed by atoms with van der Waals surface area (Å²) in [4.78, 5) is 156. The van der Waals surface area contributed by atoms with Crippen molar-refractivity contribution in [3.63, 3.8) is 0 Å². The summed E-state index contributed by atoms with van der Waals surface area (Å²) in [6, 6.07) is -6.26. The smallest absolute Gasteiger partial charge is 0.270 e. The molecular formula is C59H95N11O15. The first-order valence-electron chi connectivity index (χ1n) is 29.8. The quantitative estimate of drug-likeness (QED) is 0.0688. The molecule has 2 aliphatic rings. The number of hydrogen-bond acceptors (Lipinski definition) is 15. The SMILES string of the molecule is CC=C1NC(=O)C(CO)NC(=O)CC(CCCCC)NC(=O)CNC(=O)C(CC(C)C)NC(=O)C(C(C)CC)NC(=O)C(C(C)CC)NC(=O)C(CC(C)C)NC(=O)C(Cc2ccc(O)cc2)NC(=O)C(CCO)NC(=O)C2CC(O)CN2C1=O. The molecule has 3 rings (SSSR count). The maximum atomic E-state index is 14.6. The number of hydrogen-bond donors (Lipinski definition) is 14. The first-order valence-corrected chi connectivity index (χ1v) is 29.8. The predicted octanol–water partition coefficient (Wildman–Crippen LogP) is -0.546. The normalized spacial score (nSPS) is 27.0. The third kappa shape index (κ3) is 23.3. The highest BCUT2D eigenvalue weighted by molar-refractivity contribution is 6.02. The van der Waals surface area contributed by atoms with Crippen LogP contribution in [0.1, 0.15) is 145 Å². The van der Waals surface area contributed by atoms with Crippen molar-refractivity contribution in [2.45, 2.75) is 207 Å². The Labute approximate surface area is 498 Å². The summed E-state index contributed by atoms with van der Waals surface area (Å²) < 4.78 is 0. The molecule has 0 aromatic heterocycles. The summed E-state index contributed by atoms with van der Waals surface area (Å²) in [6.07, 6.45) is 1.95. The molecule has 12 atom stereocenters. The number of allylic oxidation sites excluding steroid dienone is 1. The van der Waals surface area contributed by atoms with E-state index in [4.69, 9.17) is 0 Å². The third-order valence-corrected chi connectivity index (χ3v) is 15.2. The van der Waals surface area contributed by atoms with Gasteiger partial charge < -0.3 is 78.5 Å². The fourth-order valence-corrected chi connectivity index (χ4v) is 9.87. The van der Waals surface area contributed by atoms with E-state index in [1.807, 2.05) is 20.8 Å². The largest absolute Gasteiger partial charge is 0.508 e. The van der Waals surface area contributed by atoms with Gasteiger partial charge in [0.2, 0.25) is 59.1 Å². The van der Waals surface area contributed by atoms with E-state index >= 15 is 0 Å². The van der Waals surface area contributed by atoms with E-state index in [9.17, 15) is 73.2 Å². The van der Waals surface area contributed by atoms with E-state index in [0.717, 1.165) is 17.7 Å². The van der Waals surface area contributed by atoms with Gasteiger partial charge in [-0.1, -0.05) is 113 Å². The van der Waals surface area contributed by atoms with Gasteiger partial charge in [-0.15, -0.1) is 0 Å². The Bertz CT molecular complexity index is 2480. The average molecular weight is 1200 g/mol. The van der Waals surface area contributed by atoms with E-state index in [1.54, 1.807) is 41.5 Å². The Balaban J connectivity index is 2.17. The summed E-state index contributed by atoms with van der Waals surface area (Å²) in [5.41, 5.74) is 0.0343. The molecule has 0 saturated carbocycles. The summed E-state index contributed by atoms with van der Waals surface area (Å²) in [5.74, 6) is -10.7. The second-order valence-electron chi connectivity index (χ2n) is 23.2. The lowest BCUT2D eigenvalue weighted by molar-refractivity contribution is -0.139. The number of unbranched alkanes of at least 4 members (excludes halogenated alkanes) is 2. The van der Waals surface area contributed by atoms with Gasteiger partial charge in [-0.05, 0) is 74.0 Å². The number of phenols is 1. The maximum Gasteiger partial charge on any atom is 0.270 e. The molecule has 0 spiro atoms. The van der Waals surface area contributed by atoms with Crippen LogP contribution in [-0.4, -0.2) is 177 Å². The van der Waals surface area contributed by atoms with E-state index < -0.39 is 176 Å². The van der Waals surface area contributed by atoms with E-state index in [0.29, 0.717) is 31.2 Å². The van der Waals surface area contributed by atoms with Crippen molar-refractivity contribution in [2.75, 3.05) is 26.3 Å². The molecule has 2 saturated heterocycles. The van der Waals surface area contributed by atoms with Crippen LogP contribution in [0.4, 0.5) is 0 Å². The monoisotopic (exact) mass is 1200 g/mol. The Morgan fingerprint density at radius 3 is 1.67 bits per heavy atom. The molecule has 26 nitrogen and oxygen atoms in total. The van der Waals surface area contributed by atoms with Crippen molar-refractivity contribution in [3.05, 3.63) is 41.6 Å². The summed E-state index contributed by atoms with van der Waals surface area (Å²) in [7, 11) is 0. The molecule has 0 bridgehead atoms. The van der Waals surface area contributed by atoms with Crippen molar-refractivity contribution < 1.29 is 73.2 Å². The molecule has 1 aromatic carbocycles. The molecule has 11 amide bonds. The van der Waals surface area contributed by atoms with Crippen molar-refractivity contribution in [2.24, 2.45) is 23.7 Å². The molecule has 85 heavy (non-hydrogen) atoms. The Morgan fingerprint density at radius 1 is 0.588 bits per heavy atom. The minimum atomic E-state index is -1.63. The maximum absolute atomic E-state index is 14.6. The van der Waals surface area contributed by atoms with Crippen LogP contribution in [0.5, 0.6) is 5.75 Å². The first kappa shape index (κ1) is 72.1. The number of aliphatic hydroxyl groups is 3. The van der Waals surface area contributed by atoms with E-state index in [1.165, 1.54) is 37.3 Å². The number of carbonyl (C=O) groups is 11. The Morgan fingerprint density at radius 2 is 1.12 bits per heavy atom. The van der Waals surface area contributed by atoms with Gasteiger partial charge in [0, 0.05) is 38.5 Å². The molecule has 12 unspecified atom stereocenters. The van der Waals surface area contributed by atoms with Crippen LogP contribution in [0.25, 0.3) is 0 Å².